The van der Waals surface area contributed by atoms with E-state index in [0.717, 1.165) is 139 Å². The zero-order valence-electron chi connectivity index (χ0n) is 44.3. The van der Waals surface area contributed by atoms with Crippen molar-refractivity contribution >= 4 is 101 Å². The van der Waals surface area contributed by atoms with Crippen molar-refractivity contribution in [2.75, 3.05) is 9.80 Å². The van der Waals surface area contributed by atoms with Crippen molar-refractivity contribution in [1.29, 1.82) is 0 Å². The maximum absolute atomic E-state index is 7.48. The van der Waals surface area contributed by atoms with Gasteiger partial charge in [0, 0.05) is 44.0 Å². The molecule has 6 nitrogen and oxygen atoms in total. The molecule has 0 N–H and O–H groups in total. The van der Waals surface area contributed by atoms with Crippen molar-refractivity contribution in [1.82, 2.24) is 0 Å². The first-order valence-corrected chi connectivity index (χ1v) is 25.8. The molecule has 0 atom stereocenters. The van der Waals surface area contributed by atoms with Gasteiger partial charge in [0.1, 0.15) is 33.7 Å². The Balaban J connectivity index is 1.19. The van der Waals surface area contributed by atoms with E-state index >= 15 is 0 Å². The molecule has 6 heterocycles. The molecule has 7 heteroatoms. The molecule has 0 radical (unpaired) electrons. The fourth-order valence-corrected chi connectivity index (χ4v) is 12.1. The summed E-state index contributed by atoms with van der Waals surface area (Å²) >= 11 is 0. The van der Waals surface area contributed by atoms with Crippen LogP contribution in [0.5, 0.6) is 0 Å². The van der Waals surface area contributed by atoms with Crippen LogP contribution < -0.4 is 26.6 Å². The Labute approximate surface area is 428 Å². The second-order valence-corrected chi connectivity index (χ2v) is 23.9. The number of aryl methyl sites for hydroxylation is 2. The lowest BCUT2D eigenvalue weighted by Gasteiger charge is -2.43. The Hall–Kier alpha value is -7.64. The normalized spacial score (nSPS) is 13.7. The Morgan fingerprint density at radius 3 is 1.21 bits per heavy atom. The summed E-state index contributed by atoms with van der Waals surface area (Å²) in [5.74, 6) is 0. The van der Waals surface area contributed by atoms with Crippen molar-refractivity contribution in [3.63, 3.8) is 0 Å². The van der Waals surface area contributed by atoms with E-state index < -0.39 is 0 Å². The highest BCUT2D eigenvalue weighted by Gasteiger charge is 2.51. The third kappa shape index (κ3) is 6.63. The van der Waals surface area contributed by atoms with E-state index in [1.807, 2.05) is 36.8 Å². The minimum Gasteiger partial charge on any atom is -0.468 e. The quantitative estimate of drug-likeness (QED) is 0.164. The number of hydrogen-bond donors (Lipinski definition) is 0. The second kappa shape index (κ2) is 15.4. The molecule has 0 aliphatic carbocycles. The lowest BCUT2D eigenvalue weighted by Crippen LogP contribution is -2.60. The number of hydrogen-bond acceptors (Lipinski definition) is 6. The highest BCUT2D eigenvalue weighted by Crippen LogP contribution is 2.54. The SMILES string of the molecule is Cc1ccc(-c2coc3ccccc23)c(C)c1N1c2cc(C(C)(C)C)cc3c2B(c2oc4ccc(C(C)(C)C)cc4c21)c1oc2ccc(C(C)(C)C)cc2c1N3c1c(C)ccc(-c2coc3ccccc23)c1C. The first-order valence-electron chi connectivity index (χ1n) is 25.8. The summed E-state index contributed by atoms with van der Waals surface area (Å²) in [6.45, 7) is 29.4. The Bertz CT molecular complexity index is 3860. The van der Waals surface area contributed by atoms with Gasteiger partial charge in [-0.25, -0.2) is 0 Å². The van der Waals surface area contributed by atoms with E-state index in [0.29, 0.717) is 0 Å². The van der Waals surface area contributed by atoms with Crippen molar-refractivity contribution in [2.45, 2.75) is 106 Å². The van der Waals surface area contributed by atoms with Crippen LogP contribution in [0.4, 0.5) is 34.1 Å². The molecule has 11 aromatic rings. The summed E-state index contributed by atoms with van der Waals surface area (Å²) in [6, 6.07) is 44.3. The molecule has 0 fully saturated rings. The molecule has 0 unspecified atom stereocenters. The average molecular weight is 957 g/mol. The molecule has 0 bridgehead atoms. The molecule has 362 valence electrons. The van der Waals surface area contributed by atoms with Gasteiger partial charge in [-0.05, 0) is 148 Å². The van der Waals surface area contributed by atoms with Gasteiger partial charge in [-0.3, -0.25) is 0 Å². The zero-order valence-corrected chi connectivity index (χ0v) is 44.3. The largest absolute Gasteiger partial charge is 0.468 e. The third-order valence-electron chi connectivity index (χ3n) is 16.1. The Morgan fingerprint density at radius 2 is 0.795 bits per heavy atom. The van der Waals surface area contributed by atoms with Gasteiger partial charge in [0.25, 0.3) is 0 Å². The van der Waals surface area contributed by atoms with Gasteiger partial charge in [-0.1, -0.05) is 135 Å². The van der Waals surface area contributed by atoms with E-state index in [1.165, 1.54) is 16.7 Å². The maximum Gasteiger partial charge on any atom is 0.342 e. The van der Waals surface area contributed by atoms with Crippen LogP contribution in [0, 0.1) is 27.7 Å². The van der Waals surface area contributed by atoms with E-state index in [-0.39, 0.29) is 23.0 Å². The van der Waals surface area contributed by atoms with E-state index in [2.05, 4.69) is 197 Å². The van der Waals surface area contributed by atoms with Gasteiger partial charge in [-0.15, -0.1) is 0 Å². The zero-order chi connectivity index (χ0) is 50.8. The highest BCUT2D eigenvalue weighted by atomic mass is 16.4. The predicted molar refractivity (Wildman–Crippen MR) is 305 cm³/mol. The van der Waals surface area contributed by atoms with Crippen LogP contribution in [0.1, 0.15) is 101 Å². The maximum atomic E-state index is 7.48. The molecule has 7 aromatic carbocycles. The molecular formula is C66H61BN2O4. The minimum absolute atomic E-state index is 0.106. The van der Waals surface area contributed by atoms with Gasteiger partial charge in [0.05, 0.1) is 35.3 Å². The monoisotopic (exact) mass is 956 g/mol. The minimum atomic E-state index is -0.379. The molecular weight excluding hydrogens is 896 g/mol. The molecule has 0 amide bonds. The number of para-hydroxylation sites is 2. The molecule has 4 aromatic heterocycles. The predicted octanol–water partition coefficient (Wildman–Crippen LogP) is 17.2. The van der Waals surface area contributed by atoms with Gasteiger partial charge < -0.3 is 27.5 Å². The summed E-state index contributed by atoms with van der Waals surface area (Å²) in [4.78, 5) is 5.12. The molecule has 0 saturated heterocycles. The van der Waals surface area contributed by atoms with Gasteiger partial charge >= 0.3 is 6.71 Å². The standard InChI is InChI=1S/C66H61BN2O4/c1-36-22-26-43(49-34-70-53-20-16-14-18-45(49)53)38(3)58(36)68-51-32-42(66(11,12)13)33-52-57(51)67(62-60(68)47-30-40(64(5,6)7)24-28-55(47)72-62)63-61(48-31-41(65(8,9)10)25-29-56(48)73-63)69(52)59-37(2)23-27-44(39(59)4)50-35-71-54-21-17-15-19-46(50)54/h14-35H,1-13H3. The second-order valence-electron chi connectivity index (χ2n) is 23.9. The third-order valence-corrected chi connectivity index (χ3v) is 16.1. The van der Waals surface area contributed by atoms with Crippen LogP contribution in [-0.4, -0.2) is 6.71 Å². The van der Waals surface area contributed by atoms with E-state index in [4.69, 9.17) is 17.7 Å². The molecule has 73 heavy (non-hydrogen) atoms. The number of furan rings is 4. The van der Waals surface area contributed by atoms with Crippen molar-refractivity contribution in [3.05, 3.63) is 173 Å². The first-order chi connectivity index (χ1) is 34.8. The highest BCUT2D eigenvalue weighted by molar-refractivity contribution is 6.99. The molecule has 13 rings (SSSR count). The molecule has 2 aliphatic heterocycles. The number of nitrogens with zero attached hydrogens (tertiary/aromatic N) is 2. The van der Waals surface area contributed by atoms with Crippen molar-refractivity contribution in [3.8, 4) is 22.3 Å². The van der Waals surface area contributed by atoms with Crippen LogP contribution in [0.25, 0.3) is 66.1 Å². The Morgan fingerprint density at radius 1 is 0.384 bits per heavy atom. The molecule has 2 aliphatic rings. The number of benzene rings is 7. The number of rotatable bonds is 4. The van der Waals surface area contributed by atoms with Crippen LogP contribution in [0.15, 0.2) is 152 Å². The summed E-state index contributed by atoms with van der Waals surface area (Å²) in [5.41, 5.74) is 25.2. The summed E-state index contributed by atoms with van der Waals surface area (Å²) < 4.78 is 27.4. The summed E-state index contributed by atoms with van der Waals surface area (Å²) in [7, 11) is 0. The lowest BCUT2D eigenvalue weighted by molar-refractivity contribution is 0.590. The van der Waals surface area contributed by atoms with Crippen LogP contribution in [0.2, 0.25) is 0 Å². The van der Waals surface area contributed by atoms with Crippen LogP contribution >= 0.6 is 0 Å². The van der Waals surface area contributed by atoms with E-state index in [9.17, 15) is 0 Å². The first kappa shape index (κ1) is 45.2. The topological polar surface area (TPSA) is 59.0 Å². The lowest BCUT2D eigenvalue weighted by atomic mass is 9.37. The van der Waals surface area contributed by atoms with Crippen LogP contribution in [0.3, 0.4) is 0 Å². The van der Waals surface area contributed by atoms with Crippen LogP contribution in [-0.2, 0) is 16.2 Å². The van der Waals surface area contributed by atoms with Gasteiger partial charge in [0.2, 0.25) is 0 Å². The van der Waals surface area contributed by atoms with Crippen molar-refractivity contribution in [2.24, 2.45) is 0 Å². The smallest absolute Gasteiger partial charge is 0.342 e. The Kier molecular flexibility index (Phi) is 9.57. The van der Waals surface area contributed by atoms with Gasteiger partial charge in [-0.2, -0.15) is 0 Å². The molecule has 0 spiro atoms. The van der Waals surface area contributed by atoms with Gasteiger partial charge in [0.15, 0.2) is 0 Å². The number of fused-ring (bicyclic) bond motifs is 10. The summed E-state index contributed by atoms with van der Waals surface area (Å²) in [6.07, 6.45) is 3.85. The summed E-state index contributed by atoms with van der Waals surface area (Å²) in [5, 5.41) is 4.34. The fourth-order valence-electron chi connectivity index (χ4n) is 12.1. The number of anilines is 6. The molecule has 0 saturated carbocycles. The average Bonchev–Trinajstić information content (AvgIpc) is 4.15. The van der Waals surface area contributed by atoms with E-state index in [1.54, 1.807) is 0 Å². The fraction of sp³-hybridized carbons (Fsp3) is 0.242. The van der Waals surface area contributed by atoms with Crippen molar-refractivity contribution < 1.29 is 17.7 Å².